The summed E-state index contributed by atoms with van der Waals surface area (Å²) in [6.45, 7) is 7.20. The van der Waals surface area contributed by atoms with E-state index in [4.69, 9.17) is 5.73 Å². The third-order valence-corrected chi connectivity index (χ3v) is 0.792. The largest absolute Gasteiger partial charge is 0.388 e. The first kappa shape index (κ1) is 7.94. The second kappa shape index (κ2) is 3.88. The molecule has 0 heterocycles. The van der Waals surface area contributed by atoms with Gasteiger partial charge in [-0.15, -0.1) is 5.10 Å². The van der Waals surface area contributed by atoms with Crippen molar-refractivity contribution in [1.29, 1.82) is 0 Å². The highest BCUT2D eigenvalue weighted by Gasteiger charge is 1.99. The van der Waals surface area contributed by atoms with Crippen LogP contribution in [-0.2, 0) is 0 Å². The van der Waals surface area contributed by atoms with Crippen LogP contribution < -0.4 is 5.73 Å². The van der Waals surface area contributed by atoms with Crippen LogP contribution in [0.3, 0.4) is 0 Å². The molecule has 4 nitrogen and oxygen atoms in total. The monoisotopic (exact) mass is 128 g/mol. The average molecular weight is 128 g/mol. The summed E-state index contributed by atoms with van der Waals surface area (Å²) in [6, 6.07) is 0.210. The molecule has 2 N–H and O–H groups in total. The van der Waals surface area contributed by atoms with Crippen LogP contribution >= 0.6 is 0 Å². The standard InChI is InChI=1S/C5H12N4/c1-5(2)9(7-3)8-4-6/h4-5H,3H2,1-2H3,(H2,6,8). The van der Waals surface area contributed by atoms with Gasteiger partial charge in [0.15, 0.2) is 0 Å². The van der Waals surface area contributed by atoms with Crippen LogP contribution in [0.15, 0.2) is 10.2 Å². The molecule has 0 radical (unpaired) electrons. The molecule has 0 aromatic carbocycles. The average Bonchev–Trinajstić information content (AvgIpc) is 1.82. The number of rotatable bonds is 3. The lowest BCUT2D eigenvalue weighted by molar-refractivity contribution is 0.248. The number of hydrogen-bond acceptors (Lipinski definition) is 3. The number of nitrogens with zero attached hydrogens (tertiary/aromatic N) is 3. The summed E-state index contributed by atoms with van der Waals surface area (Å²) in [5.41, 5.74) is 5.02. The topological polar surface area (TPSA) is 54.0 Å². The van der Waals surface area contributed by atoms with Crippen molar-refractivity contribution in [3.8, 4) is 0 Å². The summed E-state index contributed by atoms with van der Waals surface area (Å²) >= 11 is 0. The lowest BCUT2D eigenvalue weighted by Gasteiger charge is -2.14. The van der Waals surface area contributed by atoms with Crippen molar-refractivity contribution in [1.82, 2.24) is 5.12 Å². The molecule has 0 fully saturated rings. The van der Waals surface area contributed by atoms with Crippen LogP contribution in [0.1, 0.15) is 13.8 Å². The first-order valence-electron chi connectivity index (χ1n) is 2.72. The van der Waals surface area contributed by atoms with Crippen LogP contribution in [0.2, 0.25) is 0 Å². The minimum Gasteiger partial charge on any atom is -0.388 e. The molecule has 0 saturated carbocycles. The van der Waals surface area contributed by atoms with Crippen molar-refractivity contribution in [2.45, 2.75) is 19.9 Å². The zero-order valence-corrected chi connectivity index (χ0v) is 5.78. The summed E-state index contributed by atoms with van der Waals surface area (Å²) in [6.07, 6.45) is 1.19. The Morgan fingerprint density at radius 3 is 2.33 bits per heavy atom. The molecule has 0 bridgehead atoms. The molecular weight excluding hydrogens is 116 g/mol. The Bertz CT molecular complexity index is 108. The minimum absolute atomic E-state index is 0.210. The molecule has 0 aliphatic rings. The highest BCUT2D eigenvalue weighted by Crippen LogP contribution is 1.95. The van der Waals surface area contributed by atoms with E-state index in [0.717, 1.165) is 0 Å². The molecule has 0 aliphatic carbocycles. The van der Waals surface area contributed by atoms with E-state index in [9.17, 15) is 0 Å². The number of hydrogen-bond donors (Lipinski definition) is 1. The Kier molecular flexibility index (Phi) is 3.43. The second-order valence-corrected chi connectivity index (χ2v) is 1.82. The van der Waals surface area contributed by atoms with Gasteiger partial charge in [0.2, 0.25) is 0 Å². The molecule has 0 rings (SSSR count). The lowest BCUT2D eigenvalue weighted by Crippen LogP contribution is -2.19. The van der Waals surface area contributed by atoms with Crippen molar-refractivity contribution in [2.24, 2.45) is 15.9 Å². The molecule has 0 unspecified atom stereocenters. The summed E-state index contributed by atoms with van der Waals surface area (Å²) in [5.74, 6) is 0. The SMILES string of the molecule is C=NN(/N=C\N)C(C)C. The van der Waals surface area contributed by atoms with Gasteiger partial charge in [-0.05, 0) is 13.8 Å². The van der Waals surface area contributed by atoms with Crippen molar-refractivity contribution in [2.75, 3.05) is 0 Å². The fourth-order valence-electron chi connectivity index (χ4n) is 0.401. The first-order valence-corrected chi connectivity index (χ1v) is 2.72. The molecule has 0 atom stereocenters. The molecule has 0 aromatic heterocycles. The minimum atomic E-state index is 0.210. The smallest absolute Gasteiger partial charge is 0.108 e. The fraction of sp³-hybridized carbons (Fsp3) is 0.600. The van der Waals surface area contributed by atoms with Gasteiger partial charge in [0, 0.05) is 6.72 Å². The van der Waals surface area contributed by atoms with E-state index < -0.39 is 0 Å². The van der Waals surface area contributed by atoms with Gasteiger partial charge >= 0.3 is 0 Å². The maximum Gasteiger partial charge on any atom is 0.108 e. The molecular formula is C5H12N4. The number of nitrogens with two attached hydrogens (primary N) is 1. The van der Waals surface area contributed by atoms with Gasteiger partial charge in [-0.3, -0.25) is 0 Å². The van der Waals surface area contributed by atoms with Gasteiger partial charge < -0.3 is 5.73 Å². The molecule has 0 saturated heterocycles. The molecule has 0 aliphatic heterocycles. The summed E-state index contributed by atoms with van der Waals surface area (Å²) in [7, 11) is 0. The van der Waals surface area contributed by atoms with Crippen LogP contribution in [-0.4, -0.2) is 24.2 Å². The predicted octanol–water partition coefficient (Wildman–Crippen LogP) is 0.214. The summed E-state index contributed by atoms with van der Waals surface area (Å²) < 4.78 is 0. The normalized spacial score (nSPS) is 10.6. The maximum absolute atomic E-state index is 5.02. The van der Waals surface area contributed by atoms with E-state index in [2.05, 4.69) is 16.9 Å². The first-order chi connectivity index (χ1) is 4.22. The van der Waals surface area contributed by atoms with Crippen LogP contribution in [0, 0.1) is 0 Å². The van der Waals surface area contributed by atoms with Gasteiger partial charge in [0.25, 0.3) is 0 Å². The highest BCUT2D eigenvalue weighted by molar-refractivity contribution is 5.50. The summed E-state index contributed by atoms with van der Waals surface area (Å²) in [5, 5.41) is 8.71. The highest BCUT2D eigenvalue weighted by atomic mass is 15.7. The van der Waals surface area contributed by atoms with Crippen molar-refractivity contribution >= 4 is 13.1 Å². The summed E-state index contributed by atoms with van der Waals surface area (Å²) in [4.78, 5) is 0. The van der Waals surface area contributed by atoms with Gasteiger partial charge in [0.05, 0.1) is 6.04 Å². The molecule has 9 heavy (non-hydrogen) atoms. The van der Waals surface area contributed by atoms with Gasteiger partial charge in [-0.25, -0.2) is 0 Å². The molecule has 0 spiro atoms. The van der Waals surface area contributed by atoms with Gasteiger partial charge in [-0.2, -0.15) is 10.2 Å². The van der Waals surface area contributed by atoms with Crippen molar-refractivity contribution < 1.29 is 0 Å². The molecule has 0 amide bonds. The van der Waals surface area contributed by atoms with Gasteiger partial charge in [0.1, 0.15) is 6.34 Å². The van der Waals surface area contributed by atoms with E-state index in [1.807, 2.05) is 13.8 Å². The zero-order chi connectivity index (χ0) is 7.28. The lowest BCUT2D eigenvalue weighted by atomic mass is 10.4. The Morgan fingerprint density at radius 2 is 2.22 bits per heavy atom. The molecule has 52 valence electrons. The van der Waals surface area contributed by atoms with Crippen molar-refractivity contribution in [3.05, 3.63) is 0 Å². The van der Waals surface area contributed by atoms with Gasteiger partial charge in [-0.1, -0.05) is 0 Å². The third kappa shape index (κ3) is 2.69. The van der Waals surface area contributed by atoms with Crippen LogP contribution in [0.4, 0.5) is 0 Å². The zero-order valence-electron chi connectivity index (χ0n) is 5.78. The molecule has 0 aromatic rings. The Balaban J connectivity index is 3.82. The fourth-order valence-corrected chi connectivity index (χ4v) is 0.401. The number of hydrazone groups is 2. The van der Waals surface area contributed by atoms with E-state index in [-0.39, 0.29) is 6.04 Å². The van der Waals surface area contributed by atoms with E-state index in [0.29, 0.717) is 0 Å². The van der Waals surface area contributed by atoms with E-state index in [1.165, 1.54) is 11.5 Å². The Labute approximate surface area is 55.0 Å². The quantitative estimate of drug-likeness (QED) is 0.335. The maximum atomic E-state index is 5.02. The Hall–Kier alpha value is -1.06. The van der Waals surface area contributed by atoms with E-state index in [1.54, 1.807) is 0 Å². The molecule has 4 heteroatoms. The predicted molar refractivity (Wildman–Crippen MR) is 39.2 cm³/mol. The van der Waals surface area contributed by atoms with Crippen LogP contribution in [0.5, 0.6) is 0 Å². The van der Waals surface area contributed by atoms with Crippen LogP contribution in [0.25, 0.3) is 0 Å². The Morgan fingerprint density at radius 1 is 1.67 bits per heavy atom. The third-order valence-electron chi connectivity index (χ3n) is 0.792. The van der Waals surface area contributed by atoms with Crippen molar-refractivity contribution in [3.63, 3.8) is 0 Å². The second-order valence-electron chi connectivity index (χ2n) is 1.82. The van der Waals surface area contributed by atoms with E-state index >= 15 is 0 Å².